The highest BCUT2D eigenvalue weighted by Gasteiger charge is 2.40. The molecule has 1 fully saturated rings. The predicted octanol–water partition coefficient (Wildman–Crippen LogP) is 3.90. The van der Waals surface area contributed by atoms with Crippen molar-refractivity contribution in [2.75, 3.05) is 19.7 Å². The highest BCUT2D eigenvalue weighted by atomic mass is 127. The molecule has 0 aliphatic heterocycles. The molecule has 26 heavy (non-hydrogen) atoms. The third-order valence-electron chi connectivity index (χ3n) is 4.61. The minimum absolute atomic E-state index is 0. The number of nitrogens with one attached hydrogen (secondary N) is 2. The summed E-state index contributed by atoms with van der Waals surface area (Å²) in [6.45, 7) is 8.12. The molecule has 0 aromatic heterocycles. The Morgan fingerprint density at radius 3 is 2.69 bits per heavy atom. The van der Waals surface area contributed by atoms with Gasteiger partial charge in [0.25, 0.3) is 0 Å². The minimum atomic E-state index is -0.126. The topological polar surface area (TPSA) is 56.7 Å². The van der Waals surface area contributed by atoms with Gasteiger partial charge in [-0.15, -0.1) is 24.0 Å². The Kier molecular flexibility index (Phi) is 10.5. The van der Waals surface area contributed by atoms with E-state index in [1.807, 2.05) is 19.1 Å². The lowest BCUT2D eigenvalue weighted by atomic mass is 9.94. The van der Waals surface area contributed by atoms with E-state index in [0.717, 1.165) is 37.3 Å². The van der Waals surface area contributed by atoms with Crippen molar-refractivity contribution in [2.24, 2.45) is 16.8 Å². The van der Waals surface area contributed by atoms with Crippen LogP contribution in [0.3, 0.4) is 0 Å². The lowest BCUT2D eigenvalue weighted by Crippen LogP contribution is -2.39. The molecule has 6 heteroatoms. The van der Waals surface area contributed by atoms with Gasteiger partial charge in [-0.1, -0.05) is 32.0 Å². The molecule has 0 radical (unpaired) electrons. The summed E-state index contributed by atoms with van der Waals surface area (Å²) in [6, 6.07) is 7.24. The molecular formula is C20H33FIN3O. The number of aliphatic imine (C=N–C) groups is 1. The molecule has 0 saturated heterocycles. The monoisotopic (exact) mass is 477 g/mol. The molecule has 1 aromatic carbocycles. The summed E-state index contributed by atoms with van der Waals surface area (Å²) in [5.74, 6) is 1.86. The molecular weight excluding hydrogens is 444 g/mol. The molecule has 4 nitrogen and oxygen atoms in total. The van der Waals surface area contributed by atoms with Crippen molar-refractivity contribution in [2.45, 2.75) is 52.0 Å². The molecule has 3 unspecified atom stereocenters. The summed E-state index contributed by atoms with van der Waals surface area (Å²) < 4.78 is 13.9. The van der Waals surface area contributed by atoms with Gasteiger partial charge in [-0.3, -0.25) is 4.99 Å². The Balaban J connectivity index is 0.00000338. The number of hydrogen-bond donors (Lipinski definition) is 3. The SMILES string of the molecule is CCNC(=NCC(CCO)CC(C)C)NC1CC1c1ccccc1F.I. The van der Waals surface area contributed by atoms with Gasteiger partial charge < -0.3 is 15.7 Å². The molecule has 3 atom stereocenters. The van der Waals surface area contributed by atoms with Gasteiger partial charge >= 0.3 is 0 Å². The maximum atomic E-state index is 13.9. The van der Waals surface area contributed by atoms with Gasteiger partial charge in [-0.2, -0.15) is 0 Å². The molecule has 0 amide bonds. The second-order valence-electron chi connectivity index (χ2n) is 7.34. The van der Waals surface area contributed by atoms with Crippen molar-refractivity contribution in [1.82, 2.24) is 10.6 Å². The molecule has 148 valence electrons. The normalized spacial score (nSPS) is 20.5. The number of aliphatic hydroxyl groups is 1. The third kappa shape index (κ3) is 7.39. The summed E-state index contributed by atoms with van der Waals surface area (Å²) in [5.41, 5.74) is 0.786. The van der Waals surface area contributed by atoms with Gasteiger partial charge in [0.05, 0.1) is 0 Å². The second kappa shape index (κ2) is 11.7. The van der Waals surface area contributed by atoms with Crippen LogP contribution in [-0.4, -0.2) is 36.8 Å². The Labute approximate surface area is 174 Å². The van der Waals surface area contributed by atoms with E-state index in [4.69, 9.17) is 4.99 Å². The number of guanidine groups is 1. The summed E-state index contributed by atoms with van der Waals surface area (Å²) >= 11 is 0. The Morgan fingerprint density at radius 1 is 1.35 bits per heavy atom. The van der Waals surface area contributed by atoms with Crippen molar-refractivity contribution in [3.8, 4) is 0 Å². The van der Waals surface area contributed by atoms with Gasteiger partial charge in [0.1, 0.15) is 5.82 Å². The van der Waals surface area contributed by atoms with E-state index in [1.54, 1.807) is 6.07 Å². The number of hydrogen-bond acceptors (Lipinski definition) is 2. The van der Waals surface area contributed by atoms with Crippen LogP contribution < -0.4 is 10.6 Å². The van der Waals surface area contributed by atoms with Crippen LogP contribution >= 0.6 is 24.0 Å². The molecule has 0 bridgehead atoms. The Hall–Kier alpha value is -0.890. The van der Waals surface area contributed by atoms with E-state index in [1.165, 1.54) is 6.07 Å². The van der Waals surface area contributed by atoms with Gasteiger partial charge in [0.2, 0.25) is 0 Å². The standard InChI is InChI=1S/C20H32FN3O.HI/c1-4-22-20(23-13-15(9-10-25)11-14(2)3)24-19-12-17(19)16-7-5-6-8-18(16)21;/h5-8,14-15,17,19,25H,4,9-13H2,1-3H3,(H2,22,23,24);1H. The van der Waals surface area contributed by atoms with Gasteiger partial charge in [-0.05, 0) is 49.7 Å². The molecule has 3 N–H and O–H groups in total. The summed E-state index contributed by atoms with van der Waals surface area (Å²) in [4.78, 5) is 4.71. The average molecular weight is 477 g/mol. The van der Waals surface area contributed by atoms with E-state index in [-0.39, 0.29) is 48.4 Å². The van der Waals surface area contributed by atoms with Crippen molar-refractivity contribution in [3.05, 3.63) is 35.6 Å². The molecule has 1 aliphatic carbocycles. The predicted molar refractivity (Wildman–Crippen MR) is 117 cm³/mol. The number of rotatable bonds is 9. The minimum Gasteiger partial charge on any atom is -0.396 e. The third-order valence-corrected chi connectivity index (χ3v) is 4.61. The first-order chi connectivity index (χ1) is 12.0. The fourth-order valence-electron chi connectivity index (χ4n) is 3.32. The first-order valence-electron chi connectivity index (χ1n) is 9.45. The van der Waals surface area contributed by atoms with Gasteiger partial charge in [0, 0.05) is 31.7 Å². The van der Waals surface area contributed by atoms with Crippen LogP contribution in [0.1, 0.15) is 51.5 Å². The van der Waals surface area contributed by atoms with Crippen LogP contribution in [0.25, 0.3) is 0 Å². The summed E-state index contributed by atoms with van der Waals surface area (Å²) in [7, 11) is 0. The number of nitrogens with zero attached hydrogens (tertiary/aromatic N) is 1. The van der Waals surface area contributed by atoms with Crippen LogP contribution in [-0.2, 0) is 0 Å². The summed E-state index contributed by atoms with van der Waals surface area (Å²) in [5, 5.41) is 15.9. The average Bonchev–Trinajstić information content (AvgIpc) is 3.31. The number of halogens is 2. The van der Waals surface area contributed by atoms with E-state index >= 15 is 0 Å². The molecule has 1 saturated carbocycles. The smallest absolute Gasteiger partial charge is 0.191 e. The number of aliphatic hydroxyl groups excluding tert-OH is 1. The zero-order valence-electron chi connectivity index (χ0n) is 16.0. The number of benzene rings is 1. The zero-order chi connectivity index (χ0) is 18.2. The lowest BCUT2D eigenvalue weighted by Gasteiger charge is -2.17. The van der Waals surface area contributed by atoms with E-state index in [9.17, 15) is 9.50 Å². The fourth-order valence-corrected chi connectivity index (χ4v) is 3.32. The van der Waals surface area contributed by atoms with Crippen LogP contribution in [0.15, 0.2) is 29.3 Å². The van der Waals surface area contributed by atoms with Gasteiger partial charge in [0.15, 0.2) is 5.96 Å². The van der Waals surface area contributed by atoms with Crippen LogP contribution in [0.5, 0.6) is 0 Å². The Bertz CT molecular complexity index is 568. The quantitative estimate of drug-likeness (QED) is 0.287. The van der Waals surface area contributed by atoms with Crippen molar-refractivity contribution < 1.29 is 9.50 Å². The summed E-state index contributed by atoms with van der Waals surface area (Å²) in [6.07, 6.45) is 2.77. The largest absolute Gasteiger partial charge is 0.396 e. The highest BCUT2D eigenvalue weighted by molar-refractivity contribution is 14.0. The molecule has 1 aromatic rings. The van der Waals surface area contributed by atoms with E-state index in [0.29, 0.717) is 18.4 Å². The van der Waals surface area contributed by atoms with Crippen molar-refractivity contribution in [3.63, 3.8) is 0 Å². The molecule has 0 spiro atoms. The maximum absolute atomic E-state index is 13.9. The van der Waals surface area contributed by atoms with Crippen molar-refractivity contribution in [1.29, 1.82) is 0 Å². The fraction of sp³-hybridized carbons (Fsp3) is 0.650. The molecule has 2 rings (SSSR count). The molecule has 0 heterocycles. The lowest BCUT2D eigenvalue weighted by molar-refractivity contribution is 0.245. The van der Waals surface area contributed by atoms with Crippen LogP contribution in [0.4, 0.5) is 4.39 Å². The first kappa shape index (κ1) is 23.1. The van der Waals surface area contributed by atoms with Gasteiger partial charge in [-0.25, -0.2) is 4.39 Å². The second-order valence-corrected chi connectivity index (χ2v) is 7.34. The molecule has 1 aliphatic rings. The first-order valence-corrected chi connectivity index (χ1v) is 9.45. The highest BCUT2D eigenvalue weighted by Crippen LogP contribution is 2.41. The zero-order valence-corrected chi connectivity index (χ0v) is 18.4. The Morgan fingerprint density at radius 2 is 2.08 bits per heavy atom. The van der Waals surface area contributed by atoms with Crippen molar-refractivity contribution >= 4 is 29.9 Å². The van der Waals surface area contributed by atoms with E-state index in [2.05, 4.69) is 24.5 Å². The van der Waals surface area contributed by atoms with Crippen LogP contribution in [0, 0.1) is 17.7 Å². The van der Waals surface area contributed by atoms with E-state index < -0.39 is 0 Å². The maximum Gasteiger partial charge on any atom is 0.191 e. The van der Waals surface area contributed by atoms with Crippen LogP contribution in [0.2, 0.25) is 0 Å².